The summed E-state index contributed by atoms with van der Waals surface area (Å²) in [5.41, 5.74) is 7.83. The second kappa shape index (κ2) is 9.81. The van der Waals surface area contributed by atoms with Crippen LogP contribution in [-0.2, 0) is 9.53 Å². The van der Waals surface area contributed by atoms with Crippen molar-refractivity contribution >= 4 is 11.6 Å². The van der Waals surface area contributed by atoms with Crippen molar-refractivity contribution in [2.75, 3.05) is 25.6 Å². The van der Waals surface area contributed by atoms with Crippen molar-refractivity contribution in [3.63, 3.8) is 0 Å². The predicted molar refractivity (Wildman–Crippen MR) is 99.6 cm³/mol. The molecule has 25 heavy (non-hydrogen) atoms. The molecule has 5 nitrogen and oxygen atoms in total. The fourth-order valence-corrected chi connectivity index (χ4v) is 2.45. The number of methoxy groups -OCH3 is 1. The Hall–Kier alpha value is -2.37. The molecule has 2 unspecified atom stereocenters. The van der Waals surface area contributed by atoms with Crippen LogP contribution in [0.25, 0.3) is 0 Å². The van der Waals surface area contributed by atoms with E-state index in [9.17, 15) is 4.79 Å². The van der Waals surface area contributed by atoms with Gasteiger partial charge >= 0.3 is 0 Å². The molecular formula is C20H26N2O3. The highest BCUT2D eigenvalue weighted by Gasteiger charge is 2.22. The van der Waals surface area contributed by atoms with Crippen LogP contribution in [0.3, 0.4) is 0 Å². The number of anilines is 1. The van der Waals surface area contributed by atoms with Gasteiger partial charge in [0.15, 0.2) is 0 Å². The Bertz CT molecular complexity index is 661. The summed E-state index contributed by atoms with van der Waals surface area (Å²) in [5.74, 6) is 0.140. The number of nitrogens with two attached hydrogens (primary N) is 1. The van der Waals surface area contributed by atoms with Crippen LogP contribution in [0, 0.1) is 5.92 Å². The summed E-state index contributed by atoms with van der Waals surface area (Å²) in [6.07, 6.45) is 0.786. The molecule has 5 heteroatoms. The Kier molecular flexibility index (Phi) is 7.44. The molecule has 2 rings (SSSR count). The Morgan fingerprint density at radius 2 is 1.76 bits per heavy atom. The number of hydrogen-bond acceptors (Lipinski definition) is 4. The van der Waals surface area contributed by atoms with Gasteiger partial charge in [-0.3, -0.25) is 4.79 Å². The molecule has 2 aromatic rings. The number of para-hydroxylation sites is 2. The molecule has 134 valence electrons. The predicted octanol–water partition coefficient (Wildman–Crippen LogP) is 3.38. The fraction of sp³-hybridized carbons (Fsp3) is 0.350. The molecule has 0 aliphatic rings. The number of carbonyl (C=O) groups is 1. The van der Waals surface area contributed by atoms with Crippen LogP contribution in [0.4, 0.5) is 5.69 Å². The van der Waals surface area contributed by atoms with E-state index in [1.165, 1.54) is 0 Å². The number of benzene rings is 2. The van der Waals surface area contributed by atoms with Crippen molar-refractivity contribution in [2.45, 2.75) is 19.4 Å². The molecule has 2 aromatic carbocycles. The summed E-state index contributed by atoms with van der Waals surface area (Å²) in [7, 11) is 1.66. The number of ether oxygens (including phenoxy) is 2. The van der Waals surface area contributed by atoms with Gasteiger partial charge in [-0.1, -0.05) is 49.4 Å². The van der Waals surface area contributed by atoms with E-state index in [1.54, 1.807) is 7.11 Å². The van der Waals surface area contributed by atoms with Crippen LogP contribution < -0.4 is 15.8 Å². The van der Waals surface area contributed by atoms with E-state index in [4.69, 9.17) is 15.2 Å². The topological polar surface area (TPSA) is 73.6 Å². The normalized spacial score (nSPS) is 13.1. The maximum atomic E-state index is 12.6. The van der Waals surface area contributed by atoms with Crippen molar-refractivity contribution < 1.29 is 14.3 Å². The minimum absolute atomic E-state index is 0.135. The van der Waals surface area contributed by atoms with Crippen LogP contribution in [0.1, 0.15) is 24.9 Å². The van der Waals surface area contributed by atoms with Crippen LogP contribution in [-0.4, -0.2) is 26.2 Å². The molecule has 0 aliphatic heterocycles. The van der Waals surface area contributed by atoms with E-state index >= 15 is 0 Å². The van der Waals surface area contributed by atoms with E-state index < -0.39 is 0 Å². The van der Waals surface area contributed by atoms with E-state index in [0.29, 0.717) is 24.7 Å². The number of amides is 1. The van der Waals surface area contributed by atoms with Gasteiger partial charge in [0.25, 0.3) is 0 Å². The first-order chi connectivity index (χ1) is 12.1. The lowest BCUT2D eigenvalue weighted by Gasteiger charge is -2.20. The molecule has 0 saturated heterocycles. The highest BCUT2D eigenvalue weighted by molar-refractivity contribution is 5.94. The van der Waals surface area contributed by atoms with Crippen molar-refractivity contribution in [2.24, 2.45) is 11.7 Å². The van der Waals surface area contributed by atoms with Gasteiger partial charge in [-0.15, -0.1) is 0 Å². The highest BCUT2D eigenvalue weighted by atomic mass is 16.5. The second-order valence-electron chi connectivity index (χ2n) is 5.91. The van der Waals surface area contributed by atoms with E-state index in [0.717, 1.165) is 12.0 Å². The number of hydrogen-bond donors (Lipinski definition) is 2. The number of rotatable bonds is 9. The van der Waals surface area contributed by atoms with Crippen LogP contribution >= 0.6 is 0 Å². The lowest BCUT2D eigenvalue weighted by Crippen LogP contribution is -2.30. The summed E-state index contributed by atoms with van der Waals surface area (Å²) in [6, 6.07) is 16.7. The first kappa shape index (κ1) is 19.0. The first-order valence-corrected chi connectivity index (χ1v) is 8.45. The molecule has 0 saturated carbocycles. The molecule has 0 fully saturated rings. The Balaban J connectivity index is 2.00. The van der Waals surface area contributed by atoms with Gasteiger partial charge in [-0.25, -0.2) is 0 Å². The lowest BCUT2D eigenvalue weighted by atomic mass is 9.94. The Morgan fingerprint density at radius 3 is 2.48 bits per heavy atom. The molecule has 2 atom stereocenters. The van der Waals surface area contributed by atoms with Crippen molar-refractivity contribution in [3.8, 4) is 5.75 Å². The van der Waals surface area contributed by atoms with E-state index in [2.05, 4.69) is 5.32 Å². The lowest BCUT2D eigenvalue weighted by molar-refractivity contribution is -0.120. The van der Waals surface area contributed by atoms with Gasteiger partial charge in [0.2, 0.25) is 5.91 Å². The van der Waals surface area contributed by atoms with Gasteiger partial charge in [0, 0.05) is 26.2 Å². The summed E-state index contributed by atoms with van der Waals surface area (Å²) in [6.45, 7) is 2.99. The third-order valence-corrected chi connectivity index (χ3v) is 4.03. The molecule has 0 radical (unpaired) electrons. The van der Waals surface area contributed by atoms with Crippen molar-refractivity contribution in [1.29, 1.82) is 0 Å². The van der Waals surface area contributed by atoms with Gasteiger partial charge in [0.1, 0.15) is 5.75 Å². The largest absolute Gasteiger partial charge is 0.491 e. The van der Waals surface area contributed by atoms with Gasteiger partial charge in [-0.05, 0) is 17.7 Å². The standard InChI is InChI=1S/C20H26N2O3/c1-15(19(21)16-9-4-3-5-10-16)20(23)22-17-11-6-7-12-18(17)25-14-8-13-24-2/h3-7,9-12,15,19H,8,13-14,21H2,1-2H3,(H,22,23). The second-order valence-corrected chi connectivity index (χ2v) is 5.91. The zero-order valence-corrected chi connectivity index (χ0v) is 14.8. The minimum Gasteiger partial charge on any atom is -0.491 e. The Morgan fingerprint density at radius 1 is 1.08 bits per heavy atom. The van der Waals surface area contributed by atoms with Crippen LogP contribution in [0.5, 0.6) is 5.75 Å². The molecule has 0 aliphatic carbocycles. The monoisotopic (exact) mass is 342 g/mol. The Labute approximate surface area is 149 Å². The third kappa shape index (κ3) is 5.59. The SMILES string of the molecule is COCCCOc1ccccc1NC(=O)C(C)C(N)c1ccccc1. The summed E-state index contributed by atoms with van der Waals surface area (Å²) < 4.78 is 10.7. The minimum atomic E-state index is -0.371. The first-order valence-electron chi connectivity index (χ1n) is 8.45. The van der Waals surface area contributed by atoms with Crippen molar-refractivity contribution in [1.82, 2.24) is 0 Å². The summed E-state index contributed by atoms with van der Waals surface area (Å²) in [5, 5.41) is 2.93. The third-order valence-electron chi connectivity index (χ3n) is 4.03. The maximum absolute atomic E-state index is 12.6. The smallest absolute Gasteiger partial charge is 0.229 e. The van der Waals surface area contributed by atoms with Gasteiger partial charge < -0.3 is 20.5 Å². The zero-order chi connectivity index (χ0) is 18.1. The van der Waals surface area contributed by atoms with Crippen molar-refractivity contribution in [3.05, 3.63) is 60.2 Å². The molecule has 0 heterocycles. The van der Waals surface area contributed by atoms with Crippen LogP contribution in [0.15, 0.2) is 54.6 Å². The average molecular weight is 342 g/mol. The summed E-state index contributed by atoms with van der Waals surface area (Å²) >= 11 is 0. The van der Waals surface area contributed by atoms with E-state index in [1.807, 2.05) is 61.5 Å². The molecule has 3 N–H and O–H groups in total. The maximum Gasteiger partial charge on any atom is 0.229 e. The van der Waals surface area contributed by atoms with Gasteiger partial charge in [-0.2, -0.15) is 0 Å². The zero-order valence-electron chi connectivity index (χ0n) is 14.8. The summed E-state index contributed by atoms with van der Waals surface area (Å²) in [4.78, 5) is 12.6. The molecule has 0 spiro atoms. The molecular weight excluding hydrogens is 316 g/mol. The van der Waals surface area contributed by atoms with Crippen LogP contribution in [0.2, 0.25) is 0 Å². The molecule has 0 bridgehead atoms. The number of nitrogens with one attached hydrogen (secondary N) is 1. The highest BCUT2D eigenvalue weighted by Crippen LogP contribution is 2.26. The fourth-order valence-electron chi connectivity index (χ4n) is 2.45. The number of carbonyl (C=O) groups excluding carboxylic acids is 1. The van der Waals surface area contributed by atoms with E-state index in [-0.39, 0.29) is 17.9 Å². The quantitative estimate of drug-likeness (QED) is 0.685. The molecule has 1 amide bonds. The molecule has 0 aromatic heterocycles. The van der Waals surface area contributed by atoms with Gasteiger partial charge in [0.05, 0.1) is 18.2 Å². The average Bonchev–Trinajstić information content (AvgIpc) is 2.66.